The van der Waals surface area contributed by atoms with Crippen molar-refractivity contribution in [3.63, 3.8) is 0 Å². The fourth-order valence-corrected chi connectivity index (χ4v) is 4.30. The molecule has 0 bridgehead atoms. The van der Waals surface area contributed by atoms with Gasteiger partial charge < -0.3 is 14.6 Å². The number of nitrogens with zero attached hydrogens (tertiary/aromatic N) is 2. The van der Waals surface area contributed by atoms with Gasteiger partial charge in [-0.3, -0.25) is 19.3 Å². The van der Waals surface area contributed by atoms with E-state index in [4.69, 9.17) is 4.74 Å². The number of nitrogens with one attached hydrogen (secondary N) is 1. The van der Waals surface area contributed by atoms with Crippen LogP contribution in [0.5, 0.6) is 5.75 Å². The third-order valence-corrected chi connectivity index (χ3v) is 5.97. The van der Waals surface area contributed by atoms with Gasteiger partial charge in [-0.2, -0.15) is 0 Å². The van der Waals surface area contributed by atoms with Crippen molar-refractivity contribution in [3.05, 3.63) is 83.0 Å². The van der Waals surface area contributed by atoms with E-state index in [1.165, 1.54) is 0 Å². The Morgan fingerprint density at radius 3 is 2.55 bits per heavy atom. The number of hydrogen-bond acceptors (Lipinski definition) is 5. The van der Waals surface area contributed by atoms with Crippen LogP contribution in [0.15, 0.2) is 71.8 Å². The summed E-state index contributed by atoms with van der Waals surface area (Å²) in [5.74, 6) is -0.239. The molecule has 168 valence electrons. The molecule has 7 nitrogen and oxygen atoms in total. The first kappa shape index (κ1) is 22.4. The first-order valence-electron chi connectivity index (χ1n) is 10.5. The highest BCUT2D eigenvalue weighted by Gasteiger charge is 2.36. The third-order valence-electron chi connectivity index (χ3n) is 5.06. The molecular weight excluding hydrogens is 438 g/mol. The number of ether oxygens (including phenoxy) is 1. The molecule has 3 aromatic rings. The Morgan fingerprint density at radius 1 is 1.06 bits per heavy atom. The maximum atomic E-state index is 12.9. The first-order valence-corrected chi connectivity index (χ1v) is 11.3. The number of carbonyl (C=O) groups excluding carboxylic acids is 3. The minimum atomic E-state index is -0.482. The second-order valence-electron chi connectivity index (χ2n) is 7.36. The summed E-state index contributed by atoms with van der Waals surface area (Å²) in [6.07, 6.45) is 3.59. The van der Waals surface area contributed by atoms with Crippen molar-refractivity contribution < 1.29 is 19.1 Å². The molecule has 1 fully saturated rings. The quantitative estimate of drug-likeness (QED) is 0.508. The second-order valence-corrected chi connectivity index (χ2v) is 8.36. The zero-order valence-electron chi connectivity index (χ0n) is 18.3. The summed E-state index contributed by atoms with van der Waals surface area (Å²) in [4.78, 5) is 39.0. The Balaban J connectivity index is 1.46. The van der Waals surface area contributed by atoms with Gasteiger partial charge in [-0.05, 0) is 79.7 Å². The number of anilines is 1. The van der Waals surface area contributed by atoms with E-state index in [0.717, 1.165) is 33.6 Å². The van der Waals surface area contributed by atoms with Gasteiger partial charge in [0.15, 0.2) is 0 Å². The first-order chi connectivity index (χ1) is 16.0. The minimum absolute atomic E-state index is 0.280. The van der Waals surface area contributed by atoms with Crippen LogP contribution in [0.2, 0.25) is 0 Å². The normalized spacial score (nSPS) is 14.7. The van der Waals surface area contributed by atoms with Gasteiger partial charge in [0.25, 0.3) is 11.1 Å². The predicted octanol–water partition coefficient (Wildman–Crippen LogP) is 4.86. The van der Waals surface area contributed by atoms with Crippen LogP contribution in [-0.2, 0) is 9.59 Å². The SMILES string of the molecule is CCOc1ccc(NC(=O)CN2C(=O)S/C(=C/c3cccn3-c3ccccc3C)C2=O)cc1. The van der Waals surface area contributed by atoms with E-state index < -0.39 is 17.1 Å². The number of hydrogen-bond donors (Lipinski definition) is 1. The number of benzene rings is 2. The molecule has 2 heterocycles. The van der Waals surface area contributed by atoms with Crippen molar-refractivity contribution in [2.45, 2.75) is 13.8 Å². The van der Waals surface area contributed by atoms with Crippen LogP contribution >= 0.6 is 11.8 Å². The summed E-state index contributed by atoms with van der Waals surface area (Å²) < 4.78 is 7.34. The Hall–Kier alpha value is -3.78. The lowest BCUT2D eigenvalue weighted by atomic mass is 10.2. The molecule has 4 rings (SSSR count). The van der Waals surface area contributed by atoms with Crippen LogP contribution < -0.4 is 10.1 Å². The standard InChI is InChI=1S/C25H23N3O4S/c1-3-32-20-12-10-18(11-13-20)26-23(29)16-28-24(30)22(33-25(28)31)15-19-8-6-14-27(19)21-9-5-4-7-17(21)2/h4-15H,3,16H2,1-2H3,(H,26,29)/b22-15+. The predicted molar refractivity (Wildman–Crippen MR) is 129 cm³/mol. The van der Waals surface area contributed by atoms with Crippen LogP contribution in [0.3, 0.4) is 0 Å². The molecule has 2 aromatic carbocycles. The topological polar surface area (TPSA) is 80.6 Å². The molecule has 0 radical (unpaired) electrons. The Kier molecular flexibility index (Phi) is 6.65. The fourth-order valence-electron chi connectivity index (χ4n) is 3.48. The van der Waals surface area contributed by atoms with Crippen LogP contribution in [0.25, 0.3) is 11.8 Å². The van der Waals surface area contributed by atoms with Gasteiger partial charge in [-0.25, -0.2) is 0 Å². The van der Waals surface area contributed by atoms with E-state index in [1.807, 2.05) is 61.0 Å². The fraction of sp³-hybridized carbons (Fsp3) is 0.160. The lowest BCUT2D eigenvalue weighted by molar-refractivity contribution is -0.127. The number of carbonyl (C=O) groups is 3. The van der Waals surface area contributed by atoms with Gasteiger partial charge >= 0.3 is 0 Å². The van der Waals surface area contributed by atoms with Crippen LogP contribution in [0.1, 0.15) is 18.2 Å². The van der Waals surface area contributed by atoms with Crippen molar-refractivity contribution in [1.82, 2.24) is 9.47 Å². The highest BCUT2D eigenvalue weighted by Crippen LogP contribution is 2.32. The van der Waals surface area contributed by atoms with Crippen molar-refractivity contribution in [3.8, 4) is 11.4 Å². The molecule has 1 aromatic heterocycles. The number of para-hydroxylation sites is 1. The molecule has 1 aliphatic rings. The second kappa shape index (κ2) is 9.79. The van der Waals surface area contributed by atoms with Gasteiger partial charge in [-0.1, -0.05) is 18.2 Å². The highest BCUT2D eigenvalue weighted by molar-refractivity contribution is 8.18. The van der Waals surface area contributed by atoms with Gasteiger partial charge in [-0.15, -0.1) is 0 Å². The number of aromatic nitrogens is 1. The zero-order valence-corrected chi connectivity index (χ0v) is 19.1. The summed E-state index contributed by atoms with van der Waals surface area (Å²) in [7, 11) is 0. The summed E-state index contributed by atoms with van der Waals surface area (Å²) in [6.45, 7) is 4.10. The molecule has 0 aliphatic carbocycles. The summed E-state index contributed by atoms with van der Waals surface area (Å²) in [5, 5.41) is 2.23. The zero-order chi connectivity index (χ0) is 23.4. The van der Waals surface area contributed by atoms with E-state index in [9.17, 15) is 14.4 Å². The molecule has 1 aliphatic heterocycles. The lowest BCUT2D eigenvalue weighted by Gasteiger charge is -2.13. The van der Waals surface area contributed by atoms with Crippen molar-refractivity contribution >= 4 is 40.6 Å². The molecule has 3 amide bonds. The molecule has 1 N–H and O–H groups in total. The highest BCUT2D eigenvalue weighted by atomic mass is 32.2. The number of amides is 3. The Morgan fingerprint density at radius 2 is 1.82 bits per heavy atom. The van der Waals surface area contributed by atoms with Crippen LogP contribution in [-0.4, -0.2) is 39.7 Å². The number of thioether (sulfide) groups is 1. The third kappa shape index (κ3) is 5.01. The van der Waals surface area contributed by atoms with Gasteiger partial charge in [0.2, 0.25) is 5.91 Å². The Bertz CT molecular complexity index is 1230. The number of imide groups is 1. The van der Waals surface area contributed by atoms with E-state index in [2.05, 4.69) is 5.32 Å². The van der Waals surface area contributed by atoms with Crippen molar-refractivity contribution in [2.75, 3.05) is 18.5 Å². The smallest absolute Gasteiger partial charge is 0.294 e. The van der Waals surface area contributed by atoms with Gasteiger partial charge in [0, 0.05) is 23.3 Å². The van der Waals surface area contributed by atoms with Crippen LogP contribution in [0, 0.1) is 6.92 Å². The molecular formula is C25H23N3O4S. The van der Waals surface area contributed by atoms with E-state index in [1.54, 1.807) is 30.3 Å². The molecule has 8 heteroatoms. The lowest BCUT2D eigenvalue weighted by Crippen LogP contribution is -2.36. The summed E-state index contributed by atoms with van der Waals surface area (Å²) >= 11 is 0.833. The maximum absolute atomic E-state index is 12.9. The molecule has 33 heavy (non-hydrogen) atoms. The average Bonchev–Trinajstić information content (AvgIpc) is 3.35. The Labute approximate surface area is 196 Å². The monoisotopic (exact) mass is 461 g/mol. The maximum Gasteiger partial charge on any atom is 0.294 e. The number of aryl methyl sites for hydroxylation is 1. The number of rotatable bonds is 7. The molecule has 0 unspecified atom stereocenters. The van der Waals surface area contributed by atoms with Crippen molar-refractivity contribution in [2.24, 2.45) is 0 Å². The minimum Gasteiger partial charge on any atom is -0.494 e. The van der Waals surface area contributed by atoms with Gasteiger partial charge in [0.05, 0.1) is 11.5 Å². The van der Waals surface area contributed by atoms with E-state index in [-0.39, 0.29) is 11.4 Å². The van der Waals surface area contributed by atoms with E-state index >= 15 is 0 Å². The average molecular weight is 462 g/mol. The van der Waals surface area contributed by atoms with Crippen LogP contribution in [0.4, 0.5) is 10.5 Å². The molecule has 1 saturated heterocycles. The van der Waals surface area contributed by atoms with E-state index in [0.29, 0.717) is 18.0 Å². The van der Waals surface area contributed by atoms with Gasteiger partial charge in [0.1, 0.15) is 12.3 Å². The molecule has 0 atom stereocenters. The van der Waals surface area contributed by atoms with Crippen molar-refractivity contribution in [1.29, 1.82) is 0 Å². The summed E-state index contributed by atoms with van der Waals surface area (Å²) in [5.41, 5.74) is 3.40. The summed E-state index contributed by atoms with van der Waals surface area (Å²) in [6, 6.07) is 18.6. The molecule has 0 spiro atoms. The largest absolute Gasteiger partial charge is 0.494 e. The molecule has 0 saturated carbocycles.